The maximum atomic E-state index is 11.1. The maximum absolute atomic E-state index is 11.1. The van der Waals surface area contributed by atoms with Gasteiger partial charge in [0.2, 0.25) is 5.75 Å². The second-order valence-electron chi connectivity index (χ2n) is 3.99. The van der Waals surface area contributed by atoms with Crippen LogP contribution in [0.3, 0.4) is 0 Å². The largest absolute Gasteiger partial charge is 0.449 e. The lowest BCUT2D eigenvalue weighted by atomic mass is 10.2. The average molecular weight is 411 g/mol. The predicted octanol–water partition coefficient (Wildman–Crippen LogP) is 6.20. The molecule has 8 heteroatoms. The molecule has 0 saturated heterocycles. The van der Waals surface area contributed by atoms with E-state index in [-0.39, 0.29) is 21.5 Å². The van der Waals surface area contributed by atoms with Crippen LogP contribution in [-0.2, 0) is 5.88 Å². The Morgan fingerprint density at radius 1 is 1.14 bits per heavy atom. The lowest BCUT2D eigenvalue weighted by Gasteiger charge is -2.10. The number of hydrogen-bond acceptors (Lipinski definition) is 3. The SMILES string of the molecule is O=[N+]([O-])c1cc(Cl)c(Cl)cc1Oc1ccc(CCl)cc1Br. The Hall–Kier alpha value is -1.01. The highest BCUT2D eigenvalue weighted by Gasteiger charge is 2.20. The van der Waals surface area contributed by atoms with E-state index >= 15 is 0 Å². The second kappa shape index (κ2) is 6.83. The Bertz CT molecular complexity index is 709. The van der Waals surface area contributed by atoms with E-state index in [0.717, 1.165) is 11.6 Å². The molecule has 0 N–H and O–H groups in total. The Morgan fingerprint density at radius 2 is 1.81 bits per heavy atom. The molecular weight excluding hydrogens is 404 g/mol. The molecule has 21 heavy (non-hydrogen) atoms. The van der Waals surface area contributed by atoms with Crippen molar-refractivity contribution < 1.29 is 9.66 Å². The quantitative estimate of drug-likeness (QED) is 0.342. The smallest absolute Gasteiger partial charge is 0.313 e. The van der Waals surface area contributed by atoms with Crippen molar-refractivity contribution in [3.63, 3.8) is 0 Å². The highest BCUT2D eigenvalue weighted by atomic mass is 79.9. The maximum Gasteiger partial charge on any atom is 0.313 e. The third kappa shape index (κ3) is 3.80. The molecule has 0 radical (unpaired) electrons. The van der Waals surface area contributed by atoms with E-state index in [1.54, 1.807) is 18.2 Å². The number of nitro benzene ring substituents is 1. The zero-order chi connectivity index (χ0) is 15.6. The number of ether oxygens (including phenoxy) is 1. The first kappa shape index (κ1) is 16.4. The molecule has 4 nitrogen and oxygen atoms in total. The summed E-state index contributed by atoms with van der Waals surface area (Å²) in [5, 5.41) is 11.3. The molecule has 0 unspecified atom stereocenters. The van der Waals surface area contributed by atoms with Gasteiger partial charge < -0.3 is 4.74 Å². The number of benzene rings is 2. The van der Waals surface area contributed by atoms with Crippen molar-refractivity contribution in [3.05, 3.63) is 60.5 Å². The van der Waals surface area contributed by atoms with Crippen LogP contribution in [0, 0.1) is 10.1 Å². The summed E-state index contributed by atoms with van der Waals surface area (Å²) in [4.78, 5) is 10.5. The number of alkyl halides is 1. The van der Waals surface area contributed by atoms with Gasteiger partial charge in [-0.05, 0) is 33.6 Å². The first-order valence-electron chi connectivity index (χ1n) is 5.58. The third-order valence-electron chi connectivity index (χ3n) is 2.57. The molecule has 0 amide bonds. The molecule has 0 saturated carbocycles. The molecule has 0 aliphatic rings. The molecule has 0 aromatic heterocycles. The Kier molecular flexibility index (Phi) is 5.32. The highest BCUT2D eigenvalue weighted by Crippen LogP contribution is 2.40. The van der Waals surface area contributed by atoms with Crippen LogP contribution in [0.5, 0.6) is 11.5 Å². The normalized spacial score (nSPS) is 10.5. The summed E-state index contributed by atoms with van der Waals surface area (Å²) in [5.74, 6) is 0.769. The molecule has 2 aromatic carbocycles. The summed E-state index contributed by atoms with van der Waals surface area (Å²) in [7, 11) is 0. The number of nitro groups is 1. The van der Waals surface area contributed by atoms with Gasteiger partial charge in [-0.15, -0.1) is 11.6 Å². The summed E-state index contributed by atoms with van der Waals surface area (Å²) < 4.78 is 6.19. The minimum atomic E-state index is -0.585. The topological polar surface area (TPSA) is 52.4 Å². The van der Waals surface area contributed by atoms with Crippen LogP contribution in [0.25, 0.3) is 0 Å². The Balaban J connectivity index is 2.43. The molecule has 2 rings (SSSR count). The molecule has 0 bridgehead atoms. The van der Waals surface area contributed by atoms with Gasteiger partial charge >= 0.3 is 5.69 Å². The molecule has 0 aliphatic heterocycles. The van der Waals surface area contributed by atoms with Crippen molar-refractivity contribution in [1.82, 2.24) is 0 Å². The molecule has 110 valence electrons. The molecule has 0 fully saturated rings. The van der Waals surface area contributed by atoms with Crippen LogP contribution in [0.2, 0.25) is 10.0 Å². The molecule has 0 atom stereocenters. The van der Waals surface area contributed by atoms with Crippen LogP contribution < -0.4 is 4.74 Å². The lowest BCUT2D eigenvalue weighted by molar-refractivity contribution is -0.385. The fraction of sp³-hybridized carbons (Fsp3) is 0.0769. The average Bonchev–Trinajstić information content (AvgIpc) is 2.44. The minimum absolute atomic E-state index is 0.00808. The van der Waals surface area contributed by atoms with Gasteiger partial charge in [0.15, 0.2) is 0 Å². The fourth-order valence-electron chi connectivity index (χ4n) is 1.57. The monoisotopic (exact) mass is 409 g/mol. The van der Waals surface area contributed by atoms with Gasteiger partial charge in [0.1, 0.15) is 5.75 Å². The van der Waals surface area contributed by atoms with Crippen LogP contribution in [0.1, 0.15) is 5.56 Å². The van der Waals surface area contributed by atoms with Gasteiger partial charge in [-0.25, -0.2) is 0 Å². The van der Waals surface area contributed by atoms with E-state index in [1.807, 2.05) is 0 Å². The van der Waals surface area contributed by atoms with E-state index in [4.69, 9.17) is 39.5 Å². The first-order chi connectivity index (χ1) is 9.92. The molecule has 2 aromatic rings. The van der Waals surface area contributed by atoms with Gasteiger partial charge in [-0.3, -0.25) is 10.1 Å². The van der Waals surface area contributed by atoms with Crippen LogP contribution in [0.4, 0.5) is 5.69 Å². The zero-order valence-electron chi connectivity index (χ0n) is 10.3. The van der Waals surface area contributed by atoms with E-state index in [1.165, 1.54) is 6.07 Å². The first-order valence-corrected chi connectivity index (χ1v) is 7.66. The number of halogens is 4. The van der Waals surface area contributed by atoms with Crippen molar-refractivity contribution in [1.29, 1.82) is 0 Å². The van der Waals surface area contributed by atoms with E-state index in [2.05, 4.69) is 15.9 Å². The van der Waals surface area contributed by atoms with Gasteiger partial charge in [0.25, 0.3) is 0 Å². The fourth-order valence-corrected chi connectivity index (χ4v) is 2.56. The number of rotatable bonds is 4. The van der Waals surface area contributed by atoms with Crippen molar-refractivity contribution in [3.8, 4) is 11.5 Å². The summed E-state index contributed by atoms with van der Waals surface area (Å²) in [6.07, 6.45) is 0. The van der Waals surface area contributed by atoms with E-state index in [9.17, 15) is 10.1 Å². The van der Waals surface area contributed by atoms with Crippen molar-refractivity contribution in [2.45, 2.75) is 5.88 Å². The van der Waals surface area contributed by atoms with Gasteiger partial charge in [0, 0.05) is 18.0 Å². The van der Waals surface area contributed by atoms with Crippen molar-refractivity contribution in [2.75, 3.05) is 0 Å². The second-order valence-corrected chi connectivity index (χ2v) is 5.93. The zero-order valence-corrected chi connectivity index (χ0v) is 14.1. The number of hydrogen-bond donors (Lipinski definition) is 0. The summed E-state index contributed by atoms with van der Waals surface area (Å²) >= 11 is 20.7. The molecule has 0 spiro atoms. The molecular formula is C13H7BrCl3NO3. The van der Waals surface area contributed by atoms with Gasteiger partial charge in [0.05, 0.1) is 19.4 Å². The van der Waals surface area contributed by atoms with Crippen molar-refractivity contribution >= 4 is 56.4 Å². The highest BCUT2D eigenvalue weighted by molar-refractivity contribution is 9.10. The minimum Gasteiger partial charge on any atom is -0.449 e. The van der Waals surface area contributed by atoms with Crippen molar-refractivity contribution in [2.24, 2.45) is 0 Å². The van der Waals surface area contributed by atoms with Gasteiger partial charge in [-0.1, -0.05) is 29.3 Å². The standard InChI is InChI=1S/C13H7BrCl3NO3/c14-8-3-7(6-15)1-2-12(8)21-13-5-10(17)9(16)4-11(13)18(19)20/h1-5H,6H2. The summed E-state index contributed by atoms with van der Waals surface area (Å²) in [6.45, 7) is 0. The van der Waals surface area contributed by atoms with Crippen LogP contribution in [-0.4, -0.2) is 4.92 Å². The molecule has 0 aliphatic carbocycles. The molecule has 0 heterocycles. The number of nitrogens with zero attached hydrogens (tertiary/aromatic N) is 1. The summed E-state index contributed by atoms with van der Waals surface area (Å²) in [6, 6.07) is 7.65. The predicted molar refractivity (Wildman–Crippen MR) is 86.9 cm³/mol. The van der Waals surface area contributed by atoms with Gasteiger partial charge in [-0.2, -0.15) is 0 Å². The Morgan fingerprint density at radius 3 is 2.38 bits per heavy atom. The van der Waals surface area contributed by atoms with Crippen LogP contribution in [0.15, 0.2) is 34.8 Å². The third-order valence-corrected chi connectivity index (χ3v) is 4.22. The van der Waals surface area contributed by atoms with E-state index < -0.39 is 4.92 Å². The lowest BCUT2D eigenvalue weighted by Crippen LogP contribution is -1.95. The van der Waals surface area contributed by atoms with Crippen LogP contribution >= 0.6 is 50.7 Å². The summed E-state index contributed by atoms with van der Waals surface area (Å²) in [5.41, 5.74) is 0.622. The van der Waals surface area contributed by atoms with E-state index in [0.29, 0.717) is 16.1 Å². The Labute approximate surface area is 143 Å².